The average molecular weight is 491 g/mol. The number of Topliss-reactive ketones (excluding diaryl/α,β-unsaturated/α-hetero) is 1. The van der Waals surface area contributed by atoms with Gasteiger partial charge in [0.1, 0.15) is 10.8 Å². The van der Waals surface area contributed by atoms with Crippen LogP contribution in [0.1, 0.15) is 32.3 Å². The summed E-state index contributed by atoms with van der Waals surface area (Å²) in [5, 5.41) is 8.95. The summed E-state index contributed by atoms with van der Waals surface area (Å²) >= 11 is 14.8. The zero-order valence-corrected chi connectivity index (χ0v) is 16.7. The molecule has 130 valence electrons. The molecule has 3 rings (SSSR count). The van der Waals surface area contributed by atoms with Crippen LogP contribution < -0.4 is 4.74 Å². The van der Waals surface area contributed by atoms with Crippen molar-refractivity contribution in [2.75, 3.05) is 6.61 Å². The minimum Gasteiger partial charge on any atom is -0.480 e. The number of carboxylic acid groups (broad SMARTS) is 1. The lowest BCUT2D eigenvalue weighted by Crippen LogP contribution is -2.30. The number of hydrogen-bond acceptors (Lipinski definition) is 3. The standard InChI is InChI=1S/C18H13Cl2IO4/c1-18(9-5-3-2-4-6-9)16(21)10-7-11(25-8-12(22)23)14(19)15(20)13(10)17(18)24/h2-7,16H,8H2,1H3,(H,22,23). The number of hydrogen-bond donors (Lipinski definition) is 1. The van der Waals surface area contributed by atoms with Gasteiger partial charge in [-0.3, -0.25) is 4.79 Å². The Balaban J connectivity index is 2.13. The highest BCUT2D eigenvalue weighted by Gasteiger charge is 2.51. The molecular formula is C18H13Cl2IO4. The van der Waals surface area contributed by atoms with Crippen molar-refractivity contribution in [3.8, 4) is 5.75 Å². The number of carboxylic acids is 1. The van der Waals surface area contributed by atoms with Crippen molar-refractivity contribution in [2.24, 2.45) is 0 Å². The van der Waals surface area contributed by atoms with E-state index in [4.69, 9.17) is 33.0 Å². The smallest absolute Gasteiger partial charge is 0.341 e. The average Bonchev–Trinajstić information content (AvgIpc) is 2.79. The molecule has 0 spiro atoms. The van der Waals surface area contributed by atoms with Crippen molar-refractivity contribution in [2.45, 2.75) is 16.3 Å². The zero-order valence-electron chi connectivity index (χ0n) is 13.1. The van der Waals surface area contributed by atoms with Crippen LogP contribution in [-0.4, -0.2) is 23.5 Å². The van der Waals surface area contributed by atoms with Gasteiger partial charge in [0.25, 0.3) is 0 Å². The summed E-state index contributed by atoms with van der Waals surface area (Å²) in [6, 6.07) is 11.1. The summed E-state index contributed by atoms with van der Waals surface area (Å²) in [6.07, 6.45) is 0. The number of alkyl halides is 1. The van der Waals surface area contributed by atoms with Crippen LogP contribution in [0, 0.1) is 0 Å². The first-order chi connectivity index (χ1) is 11.8. The number of ether oxygens (including phenoxy) is 1. The van der Waals surface area contributed by atoms with Gasteiger partial charge in [0.15, 0.2) is 12.4 Å². The molecule has 4 nitrogen and oxygen atoms in total. The molecule has 2 aromatic rings. The number of aliphatic carboxylic acids is 1. The second-order valence-corrected chi connectivity index (χ2v) is 7.91. The zero-order chi connectivity index (χ0) is 18.4. The molecular weight excluding hydrogens is 478 g/mol. The van der Waals surface area contributed by atoms with Crippen LogP contribution in [-0.2, 0) is 10.2 Å². The van der Waals surface area contributed by atoms with Crippen molar-refractivity contribution in [1.82, 2.24) is 0 Å². The molecule has 7 heteroatoms. The van der Waals surface area contributed by atoms with Gasteiger partial charge in [0.2, 0.25) is 0 Å². The van der Waals surface area contributed by atoms with Crippen molar-refractivity contribution in [3.63, 3.8) is 0 Å². The highest BCUT2D eigenvalue weighted by Crippen LogP contribution is 2.56. The van der Waals surface area contributed by atoms with E-state index in [1.165, 1.54) is 0 Å². The molecule has 25 heavy (non-hydrogen) atoms. The summed E-state index contributed by atoms with van der Waals surface area (Å²) in [4.78, 5) is 23.9. The third-order valence-electron chi connectivity index (χ3n) is 4.41. The maximum Gasteiger partial charge on any atom is 0.341 e. The van der Waals surface area contributed by atoms with Crippen LogP contribution in [0.3, 0.4) is 0 Å². The first-order valence-electron chi connectivity index (χ1n) is 7.39. The quantitative estimate of drug-likeness (QED) is 0.479. The predicted molar refractivity (Wildman–Crippen MR) is 104 cm³/mol. The third-order valence-corrected chi connectivity index (χ3v) is 7.17. The van der Waals surface area contributed by atoms with Crippen LogP contribution in [0.2, 0.25) is 10.0 Å². The molecule has 2 aromatic carbocycles. The Morgan fingerprint density at radius 3 is 2.52 bits per heavy atom. The second kappa shape index (κ2) is 6.78. The molecule has 0 bridgehead atoms. The molecule has 0 saturated heterocycles. The lowest BCUT2D eigenvalue weighted by molar-refractivity contribution is -0.139. The lowest BCUT2D eigenvalue weighted by atomic mass is 9.79. The minimum absolute atomic E-state index is 0.0518. The van der Waals surface area contributed by atoms with E-state index in [0.29, 0.717) is 11.1 Å². The van der Waals surface area contributed by atoms with Gasteiger partial charge in [-0.25, -0.2) is 4.79 Å². The highest BCUT2D eigenvalue weighted by molar-refractivity contribution is 14.1. The van der Waals surface area contributed by atoms with E-state index in [9.17, 15) is 9.59 Å². The number of carbonyl (C=O) groups is 2. The second-order valence-electron chi connectivity index (χ2n) is 5.91. The van der Waals surface area contributed by atoms with Crippen molar-refractivity contribution in [3.05, 3.63) is 63.1 Å². The van der Waals surface area contributed by atoms with E-state index in [0.717, 1.165) is 5.56 Å². The van der Waals surface area contributed by atoms with Crippen molar-refractivity contribution >= 4 is 57.5 Å². The number of fused-ring (bicyclic) bond motifs is 1. The molecule has 1 aliphatic carbocycles. The Kier molecular flexibility index (Phi) is 5.01. The first kappa shape index (κ1) is 18.5. The van der Waals surface area contributed by atoms with Gasteiger partial charge in [0, 0.05) is 5.56 Å². The monoisotopic (exact) mass is 490 g/mol. The Morgan fingerprint density at radius 2 is 1.92 bits per heavy atom. The molecule has 1 N–H and O–H groups in total. The summed E-state index contributed by atoms with van der Waals surface area (Å²) < 4.78 is 5.03. The fourth-order valence-electron chi connectivity index (χ4n) is 3.04. The number of halogens is 3. The lowest BCUT2D eigenvalue weighted by Gasteiger charge is -2.27. The van der Waals surface area contributed by atoms with Gasteiger partial charge in [-0.1, -0.05) is 76.1 Å². The van der Waals surface area contributed by atoms with Crippen molar-refractivity contribution < 1.29 is 19.4 Å². The highest BCUT2D eigenvalue weighted by atomic mass is 127. The fraction of sp³-hybridized carbons (Fsp3) is 0.222. The van der Waals surface area contributed by atoms with Gasteiger partial charge < -0.3 is 9.84 Å². The van der Waals surface area contributed by atoms with Crippen LogP contribution in [0.5, 0.6) is 5.75 Å². The van der Waals surface area contributed by atoms with E-state index < -0.39 is 18.0 Å². The number of rotatable bonds is 4. The van der Waals surface area contributed by atoms with E-state index >= 15 is 0 Å². The summed E-state index contributed by atoms with van der Waals surface area (Å²) in [7, 11) is 0. The van der Waals surface area contributed by atoms with Gasteiger partial charge in [-0.15, -0.1) is 0 Å². The van der Waals surface area contributed by atoms with E-state index in [2.05, 4.69) is 22.6 Å². The van der Waals surface area contributed by atoms with Crippen LogP contribution in [0.25, 0.3) is 0 Å². The van der Waals surface area contributed by atoms with Crippen LogP contribution in [0.4, 0.5) is 0 Å². The van der Waals surface area contributed by atoms with Crippen molar-refractivity contribution in [1.29, 1.82) is 0 Å². The fourth-order valence-corrected chi connectivity index (χ4v) is 4.67. The molecule has 0 saturated carbocycles. The van der Waals surface area contributed by atoms with Crippen LogP contribution in [0.15, 0.2) is 36.4 Å². The molecule has 2 unspecified atom stereocenters. The molecule has 2 atom stereocenters. The summed E-state index contributed by atoms with van der Waals surface area (Å²) in [5.41, 5.74) is 1.17. The maximum atomic E-state index is 13.2. The van der Waals surface area contributed by atoms with E-state index in [-0.39, 0.29) is 25.5 Å². The van der Waals surface area contributed by atoms with E-state index in [1.54, 1.807) is 6.07 Å². The maximum absolute atomic E-state index is 13.2. The number of carbonyl (C=O) groups excluding carboxylic acids is 1. The molecule has 0 heterocycles. The molecule has 0 aliphatic heterocycles. The summed E-state index contributed by atoms with van der Waals surface area (Å²) in [5.74, 6) is -1.06. The van der Waals surface area contributed by atoms with Gasteiger partial charge in [0.05, 0.1) is 14.4 Å². The normalized spacial score (nSPS) is 21.9. The molecule has 0 amide bonds. The topological polar surface area (TPSA) is 63.6 Å². The number of ketones is 1. The minimum atomic E-state index is -1.12. The molecule has 0 aromatic heterocycles. The van der Waals surface area contributed by atoms with E-state index in [1.807, 2.05) is 37.3 Å². The SMILES string of the molecule is CC1(c2ccccc2)C(=O)c2c(cc(OCC(=O)O)c(Cl)c2Cl)C1I. The Morgan fingerprint density at radius 1 is 1.28 bits per heavy atom. The third kappa shape index (κ3) is 2.92. The van der Waals surface area contributed by atoms with Gasteiger partial charge in [-0.05, 0) is 24.1 Å². The molecule has 0 fully saturated rings. The number of benzene rings is 2. The first-order valence-corrected chi connectivity index (χ1v) is 9.39. The molecule has 1 aliphatic rings. The Bertz CT molecular complexity index is 869. The van der Waals surface area contributed by atoms with Crippen LogP contribution >= 0.6 is 45.8 Å². The summed E-state index contributed by atoms with van der Waals surface area (Å²) in [6.45, 7) is 1.34. The Hall–Kier alpha value is -1.31. The predicted octanol–water partition coefficient (Wildman–Crippen LogP) is 5.09. The van der Waals surface area contributed by atoms with Gasteiger partial charge >= 0.3 is 5.97 Å². The molecule has 0 radical (unpaired) electrons. The largest absolute Gasteiger partial charge is 0.480 e. The van der Waals surface area contributed by atoms with Gasteiger partial charge in [-0.2, -0.15) is 0 Å². The Labute approximate surface area is 168 Å².